The largest absolute Gasteiger partial charge is 0.313 e. The Hall–Kier alpha value is -1.38. The Balaban J connectivity index is 4.01. The minimum Gasteiger partial charge on any atom is -0.313 e. The Morgan fingerprint density at radius 2 is 2.33 bits per heavy atom. The number of hydrazone groups is 1. The second-order valence-electron chi connectivity index (χ2n) is 2.09. The highest BCUT2D eigenvalue weighted by atomic mass is 16.1. The standard InChI is InChI=1S/C9H14N2O/c1-3-5-9(8-12)6-4-7-11-10-2/h4-8,10H,3H2,1-2H3/b6-4+,9-5+,11-7-. The lowest BCUT2D eigenvalue weighted by Crippen LogP contribution is -1.92. The molecule has 0 atom stereocenters. The number of carbonyl (C=O) groups excluding carboxylic acids is 1. The number of aldehydes is 1. The Morgan fingerprint density at radius 1 is 1.58 bits per heavy atom. The van der Waals surface area contributed by atoms with Crippen LogP contribution in [0, 0.1) is 0 Å². The summed E-state index contributed by atoms with van der Waals surface area (Å²) >= 11 is 0. The first kappa shape index (κ1) is 10.6. The van der Waals surface area contributed by atoms with Crippen molar-refractivity contribution in [2.45, 2.75) is 13.3 Å². The summed E-state index contributed by atoms with van der Waals surface area (Å²) in [4.78, 5) is 10.4. The van der Waals surface area contributed by atoms with E-state index in [1.807, 2.05) is 13.0 Å². The van der Waals surface area contributed by atoms with Gasteiger partial charge in [0.2, 0.25) is 0 Å². The molecule has 0 rings (SSSR count). The molecule has 0 fully saturated rings. The first-order valence-electron chi connectivity index (χ1n) is 3.87. The van der Waals surface area contributed by atoms with Gasteiger partial charge >= 0.3 is 0 Å². The van der Waals surface area contributed by atoms with Gasteiger partial charge in [0, 0.05) is 18.8 Å². The molecule has 0 aliphatic heterocycles. The molecule has 0 radical (unpaired) electrons. The van der Waals surface area contributed by atoms with E-state index >= 15 is 0 Å². The van der Waals surface area contributed by atoms with Gasteiger partial charge in [0.05, 0.1) is 0 Å². The second-order valence-corrected chi connectivity index (χ2v) is 2.09. The van der Waals surface area contributed by atoms with E-state index in [4.69, 9.17) is 0 Å². The van der Waals surface area contributed by atoms with Crippen LogP contribution in [0.3, 0.4) is 0 Å². The molecule has 3 heteroatoms. The van der Waals surface area contributed by atoms with Crippen LogP contribution < -0.4 is 5.43 Å². The highest BCUT2D eigenvalue weighted by molar-refractivity contribution is 5.81. The van der Waals surface area contributed by atoms with Crippen molar-refractivity contribution >= 4 is 12.5 Å². The molecule has 0 heterocycles. The SMILES string of the molecule is CC\C=C(C=O)/C=C/C=N\NC. The van der Waals surface area contributed by atoms with E-state index in [0.717, 1.165) is 12.7 Å². The van der Waals surface area contributed by atoms with Crippen molar-refractivity contribution in [1.82, 2.24) is 5.43 Å². The van der Waals surface area contributed by atoms with Gasteiger partial charge in [-0.2, -0.15) is 5.10 Å². The van der Waals surface area contributed by atoms with Crippen LogP contribution in [0.4, 0.5) is 0 Å². The zero-order valence-electron chi connectivity index (χ0n) is 7.45. The van der Waals surface area contributed by atoms with Crippen LogP contribution in [0.5, 0.6) is 0 Å². The second kappa shape index (κ2) is 7.72. The van der Waals surface area contributed by atoms with Crippen molar-refractivity contribution in [2.75, 3.05) is 7.05 Å². The van der Waals surface area contributed by atoms with Gasteiger partial charge in [0.1, 0.15) is 6.29 Å². The third-order valence-corrected chi connectivity index (χ3v) is 1.15. The summed E-state index contributed by atoms with van der Waals surface area (Å²) in [5.41, 5.74) is 3.28. The minimum atomic E-state index is 0.681. The van der Waals surface area contributed by atoms with E-state index in [2.05, 4.69) is 10.5 Å². The smallest absolute Gasteiger partial charge is 0.149 e. The number of nitrogens with one attached hydrogen (secondary N) is 1. The minimum absolute atomic E-state index is 0.681. The van der Waals surface area contributed by atoms with Crippen LogP contribution in [-0.4, -0.2) is 19.5 Å². The first-order chi connectivity index (χ1) is 5.85. The predicted molar refractivity (Wildman–Crippen MR) is 51.1 cm³/mol. The summed E-state index contributed by atoms with van der Waals surface area (Å²) in [6, 6.07) is 0. The molecule has 66 valence electrons. The highest BCUT2D eigenvalue weighted by Gasteiger charge is 1.83. The molecule has 3 nitrogen and oxygen atoms in total. The Labute approximate surface area is 72.9 Å². The maximum Gasteiger partial charge on any atom is 0.149 e. The third kappa shape index (κ3) is 5.41. The summed E-state index contributed by atoms with van der Waals surface area (Å²) in [5, 5.41) is 3.73. The van der Waals surface area contributed by atoms with Gasteiger partial charge in [-0.25, -0.2) is 0 Å². The van der Waals surface area contributed by atoms with Gasteiger partial charge in [-0.3, -0.25) is 4.79 Å². The number of carbonyl (C=O) groups is 1. The number of hydrogen-bond donors (Lipinski definition) is 1. The Morgan fingerprint density at radius 3 is 2.83 bits per heavy atom. The Kier molecular flexibility index (Phi) is 6.84. The summed E-state index contributed by atoms with van der Waals surface area (Å²) in [5.74, 6) is 0. The molecule has 0 bridgehead atoms. The van der Waals surface area contributed by atoms with E-state index < -0.39 is 0 Å². The average Bonchev–Trinajstić information content (AvgIpc) is 2.10. The van der Waals surface area contributed by atoms with Crippen LogP contribution in [0.2, 0.25) is 0 Å². The normalized spacial score (nSPS) is 12.7. The third-order valence-electron chi connectivity index (χ3n) is 1.15. The van der Waals surface area contributed by atoms with E-state index in [-0.39, 0.29) is 0 Å². The molecule has 0 saturated carbocycles. The highest BCUT2D eigenvalue weighted by Crippen LogP contribution is 1.93. The number of rotatable bonds is 5. The molecular weight excluding hydrogens is 152 g/mol. The van der Waals surface area contributed by atoms with Crippen LogP contribution in [-0.2, 0) is 4.79 Å². The lowest BCUT2D eigenvalue weighted by Gasteiger charge is -1.86. The van der Waals surface area contributed by atoms with E-state index in [1.165, 1.54) is 0 Å². The molecule has 12 heavy (non-hydrogen) atoms. The summed E-state index contributed by atoms with van der Waals surface area (Å²) in [6.07, 6.45) is 8.57. The van der Waals surface area contributed by atoms with Crippen molar-refractivity contribution in [3.63, 3.8) is 0 Å². The van der Waals surface area contributed by atoms with E-state index in [1.54, 1.807) is 25.4 Å². The van der Waals surface area contributed by atoms with Crippen molar-refractivity contribution in [1.29, 1.82) is 0 Å². The lowest BCUT2D eigenvalue weighted by atomic mass is 10.2. The van der Waals surface area contributed by atoms with E-state index in [0.29, 0.717) is 5.57 Å². The molecule has 0 aromatic rings. The molecule has 0 saturated heterocycles. The molecule has 0 amide bonds. The molecule has 0 aliphatic carbocycles. The van der Waals surface area contributed by atoms with Crippen LogP contribution in [0.25, 0.3) is 0 Å². The molecule has 0 aliphatic rings. The van der Waals surface area contributed by atoms with E-state index in [9.17, 15) is 4.79 Å². The maximum absolute atomic E-state index is 10.4. The topological polar surface area (TPSA) is 41.5 Å². The van der Waals surface area contributed by atoms with Gasteiger partial charge in [-0.15, -0.1) is 0 Å². The molecular formula is C9H14N2O. The predicted octanol–water partition coefficient (Wildman–Crippen LogP) is 1.28. The van der Waals surface area contributed by atoms with Gasteiger partial charge in [-0.1, -0.05) is 19.1 Å². The fraction of sp³-hybridized carbons (Fsp3) is 0.333. The van der Waals surface area contributed by atoms with Gasteiger partial charge < -0.3 is 5.43 Å². The fourth-order valence-corrected chi connectivity index (χ4v) is 0.663. The summed E-state index contributed by atoms with van der Waals surface area (Å²) < 4.78 is 0. The monoisotopic (exact) mass is 166 g/mol. The van der Waals surface area contributed by atoms with Gasteiger partial charge in [0.15, 0.2) is 0 Å². The zero-order chi connectivity index (χ0) is 9.23. The molecule has 0 spiro atoms. The van der Waals surface area contributed by atoms with Gasteiger partial charge in [0.25, 0.3) is 0 Å². The quantitative estimate of drug-likeness (QED) is 0.220. The average molecular weight is 166 g/mol. The molecule has 0 aromatic heterocycles. The summed E-state index contributed by atoms with van der Waals surface area (Å²) in [6.45, 7) is 1.99. The van der Waals surface area contributed by atoms with Crippen LogP contribution >= 0.6 is 0 Å². The van der Waals surface area contributed by atoms with Crippen LogP contribution in [0.15, 0.2) is 28.9 Å². The Bertz CT molecular complexity index is 205. The molecule has 0 aromatic carbocycles. The number of nitrogens with zero attached hydrogens (tertiary/aromatic N) is 1. The van der Waals surface area contributed by atoms with Crippen molar-refractivity contribution in [2.24, 2.45) is 5.10 Å². The fourth-order valence-electron chi connectivity index (χ4n) is 0.663. The van der Waals surface area contributed by atoms with Gasteiger partial charge in [-0.05, 0) is 12.5 Å². The van der Waals surface area contributed by atoms with Crippen molar-refractivity contribution < 1.29 is 4.79 Å². The molecule has 0 unspecified atom stereocenters. The van der Waals surface area contributed by atoms with Crippen LogP contribution in [0.1, 0.15) is 13.3 Å². The number of hydrogen-bond acceptors (Lipinski definition) is 3. The molecule has 1 N–H and O–H groups in total. The lowest BCUT2D eigenvalue weighted by molar-refractivity contribution is -0.104. The van der Waals surface area contributed by atoms with Crippen molar-refractivity contribution in [3.8, 4) is 0 Å². The number of allylic oxidation sites excluding steroid dienone is 4. The van der Waals surface area contributed by atoms with Crippen molar-refractivity contribution in [3.05, 3.63) is 23.8 Å². The first-order valence-corrected chi connectivity index (χ1v) is 3.87. The maximum atomic E-state index is 10.4. The summed E-state index contributed by atoms with van der Waals surface area (Å²) in [7, 11) is 1.72. The zero-order valence-corrected chi connectivity index (χ0v) is 7.45.